The molecule has 0 aromatic heterocycles. The van der Waals surface area contributed by atoms with Crippen molar-refractivity contribution in [1.29, 1.82) is 0 Å². The summed E-state index contributed by atoms with van der Waals surface area (Å²) in [7, 11) is 0. The zero-order valence-electron chi connectivity index (χ0n) is 12.3. The van der Waals surface area contributed by atoms with E-state index in [1.54, 1.807) is 0 Å². The van der Waals surface area contributed by atoms with Crippen LogP contribution in [0.1, 0.15) is 43.2 Å². The van der Waals surface area contributed by atoms with Crippen LogP contribution in [0, 0.1) is 6.92 Å². The molecule has 0 bridgehead atoms. The lowest BCUT2D eigenvalue weighted by Gasteiger charge is -2.28. The number of nitrogens with one attached hydrogen (secondary N) is 2. The first-order chi connectivity index (χ1) is 10.0. The van der Waals surface area contributed by atoms with E-state index in [1.165, 1.54) is 0 Å². The molecule has 1 aromatic rings. The average molecular weight is 290 g/mol. The molecule has 0 atom stereocenters. The molecule has 0 aliphatic heterocycles. The Bertz CT molecular complexity index is 522. The molecule has 5 nitrogen and oxygen atoms in total. The third-order valence-electron chi connectivity index (χ3n) is 4.13. The zero-order valence-corrected chi connectivity index (χ0v) is 12.3. The van der Waals surface area contributed by atoms with Gasteiger partial charge in [-0.2, -0.15) is 0 Å². The molecular weight excluding hydrogens is 268 g/mol. The minimum absolute atomic E-state index is 0.00914. The Morgan fingerprint density at radius 3 is 2.52 bits per heavy atom. The van der Waals surface area contributed by atoms with Crippen LogP contribution in [-0.4, -0.2) is 22.6 Å². The van der Waals surface area contributed by atoms with Crippen LogP contribution in [0.3, 0.4) is 0 Å². The normalized spacial score (nSPS) is 16.4. The van der Waals surface area contributed by atoms with Gasteiger partial charge in [0.25, 0.3) is 0 Å². The number of aliphatic carboxylic acids is 1. The molecule has 1 saturated carbocycles. The number of carboxylic acid groups (broad SMARTS) is 1. The maximum Gasteiger partial charge on any atom is 0.315 e. The predicted molar refractivity (Wildman–Crippen MR) is 80.0 cm³/mol. The van der Waals surface area contributed by atoms with Gasteiger partial charge in [-0.05, 0) is 30.9 Å². The van der Waals surface area contributed by atoms with Gasteiger partial charge in [-0.25, -0.2) is 4.79 Å². The Morgan fingerprint density at radius 2 is 1.90 bits per heavy atom. The van der Waals surface area contributed by atoms with Gasteiger partial charge >= 0.3 is 12.0 Å². The van der Waals surface area contributed by atoms with E-state index in [0.29, 0.717) is 6.54 Å². The van der Waals surface area contributed by atoms with Crippen LogP contribution in [0.2, 0.25) is 0 Å². The number of urea groups is 1. The Labute approximate surface area is 124 Å². The monoisotopic (exact) mass is 290 g/mol. The molecular formula is C16H22N2O3. The van der Waals surface area contributed by atoms with Crippen molar-refractivity contribution in [3.8, 4) is 0 Å². The Kier molecular flexibility index (Phi) is 4.83. The highest BCUT2D eigenvalue weighted by molar-refractivity contribution is 5.76. The van der Waals surface area contributed by atoms with Gasteiger partial charge in [0.2, 0.25) is 0 Å². The van der Waals surface area contributed by atoms with Crippen molar-refractivity contribution in [2.75, 3.05) is 0 Å². The van der Waals surface area contributed by atoms with E-state index in [0.717, 1.165) is 36.8 Å². The number of benzene rings is 1. The van der Waals surface area contributed by atoms with Gasteiger partial charge in [0, 0.05) is 6.54 Å². The van der Waals surface area contributed by atoms with Crippen LogP contribution >= 0.6 is 0 Å². The summed E-state index contributed by atoms with van der Waals surface area (Å²) in [6.45, 7) is 2.44. The quantitative estimate of drug-likeness (QED) is 0.780. The number of carbonyl (C=O) groups is 2. The van der Waals surface area contributed by atoms with Crippen molar-refractivity contribution in [1.82, 2.24) is 10.6 Å². The van der Waals surface area contributed by atoms with Crippen LogP contribution in [0.25, 0.3) is 0 Å². The molecule has 21 heavy (non-hydrogen) atoms. The van der Waals surface area contributed by atoms with Crippen LogP contribution in [0.5, 0.6) is 0 Å². The lowest BCUT2D eigenvalue weighted by molar-refractivity contribution is -0.138. The standard InChI is InChI=1S/C16H22N2O3/c1-12-6-2-3-7-13(12)11-17-15(21)18-16(10-14(19)20)8-4-5-9-16/h2-3,6-7H,4-5,8-11H2,1H3,(H,19,20)(H2,17,18,21). The van der Waals surface area contributed by atoms with E-state index in [1.807, 2.05) is 31.2 Å². The number of amides is 2. The van der Waals surface area contributed by atoms with Crippen molar-refractivity contribution in [2.45, 2.75) is 51.1 Å². The highest BCUT2D eigenvalue weighted by Gasteiger charge is 2.37. The highest BCUT2D eigenvalue weighted by atomic mass is 16.4. The summed E-state index contributed by atoms with van der Waals surface area (Å²) in [5, 5.41) is 14.7. The molecule has 0 spiro atoms. The summed E-state index contributed by atoms with van der Waals surface area (Å²) in [4.78, 5) is 23.0. The maximum absolute atomic E-state index is 12.1. The van der Waals surface area contributed by atoms with Crippen molar-refractivity contribution in [3.05, 3.63) is 35.4 Å². The summed E-state index contributed by atoms with van der Waals surface area (Å²) in [6.07, 6.45) is 3.38. The largest absolute Gasteiger partial charge is 0.481 e. The van der Waals surface area contributed by atoms with E-state index in [4.69, 9.17) is 5.11 Å². The Hall–Kier alpha value is -2.04. The number of carbonyl (C=O) groups excluding carboxylic acids is 1. The predicted octanol–water partition coefficient (Wildman–Crippen LogP) is 2.58. The molecule has 1 aromatic carbocycles. The summed E-state index contributed by atoms with van der Waals surface area (Å²) >= 11 is 0. The first-order valence-corrected chi connectivity index (χ1v) is 7.33. The molecule has 1 aliphatic carbocycles. The van der Waals surface area contributed by atoms with Crippen molar-refractivity contribution in [2.24, 2.45) is 0 Å². The molecule has 0 radical (unpaired) electrons. The summed E-state index contributed by atoms with van der Waals surface area (Å²) in [5.41, 5.74) is 1.60. The molecule has 0 saturated heterocycles. The molecule has 0 heterocycles. The maximum atomic E-state index is 12.1. The van der Waals surface area contributed by atoms with Gasteiger partial charge < -0.3 is 15.7 Å². The fraction of sp³-hybridized carbons (Fsp3) is 0.500. The van der Waals surface area contributed by atoms with Gasteiger partial charge in [0.15, 0.2) is 0 Å². The SMILES string of the molecule is Cc1ccccc1CNC(=O)NC1(CC(=O)O)CCCC1. The number of hydrogen-bond acceptors (Lipinski definition) is 2. The van der Waals surface area contributed by atoms with Crippen LogP contribution in [0.4, 0.5) is 4.79 Å². The van der Waals surface area contributed by atoms with Gasteiger partial charge in [0.05, 0.1) is 12.0 Å². The first-order valence-electron chi connectivity index (χ1n) is 7.33. The number of carboxylic acids is 1. The van der Waals surface area contributed by atoms with Gasteiger partial charge in [-0.3, -0.25) is 4.79 Å². The van der Waals surface area contributed by atoms with E-state index in [9.17, 15) is 9.59 Å². The van der Waals surface area contributed by atoms with Crippen LogP contribution in [0.15, 0.2) is 24.3 Å². The second-order valence-electron chi connectivity index (χ2n) is 5.79. The minimum atomic E-state index is -0.865. The molecule has 2 amide bonds. The number of rotatable bonds is 5. The third kappa shape index (κ3) is 4.21. The minimum Gasteiger partial charge on any atom is -0.481 e. The second-order valence-corrected chi connectivity index (χ2v) is 5.79. The van der Waals surface area contributed by atoms with E-state index < -0.39 is 11.5 Å². The summed E-state index contributed by atoms with van der Waals surface area (Å²) < 4.78 is 0. The highest BCUT2D eigenvalue weighted by Crippen LogP contribution is 2.32. The molecule has 3 N–H and O–H groups in total. The molecule has 2 rings (SSSR count). The van der Waals surface area contributed by atoms with Gasteiger partial charge in [-0.1, -0.05) is 37.1 Å². The molecule has 1 aliphatic rings. The topological polar surface area (TPSA) is 78.4 Å². The summed E-state index contributed by atoms with van der Waals surface area (Å²) in [6, 6.07) is 7.57. The van der Waals surface area contributed by atoms with Crippen LogP contribution in [-0.2, 0) is 11.3 Å². The van der Waals surface area contributed by atoms with E-state index >= 15 is 0 Å². The van der Waals surface area contributed by atoms with Crippen molar-refractivity contribution in [3.63, 3.8) is 0 Å². The Balaban J connectivity index is 1.91. The average Bonchev–Trinajstić information content (AvgIpc) is 2.85. The lowest BCUT2D eigenvalue weighted by Crippen LogP contribution is -2.51. The van der Waals surface area contributed by atoms with E-state index in [-0.39, 0.29) is 12.5 Å². The summed E-state index contributed by atoms with van der Waals surface area (Å²) in [5.74, 6) is -0.865. The first kappa shape index (κ1) is 15.4. The van der Waals surface area contributed by atoms with E-state index in [2.05, 4.69) is 10.6 Å². The van der Waals surface area contributed by atoms with Gasteiger partial charge in [0.1, 0.15) is 0 Å². The Morgan fingerprint density at radius 1 is 1.24 bits per heavy atom. The number of hydrogen-bond donors (Lipinski definition) is 3. The molecule has 114 valence electrons. The van der Waals surface area contributed by atoms with Crippen molar-refractivity contribution >= 4 is 12.0 Å². The van der Waals surface area contributed by atoms with Gasteiger partial charge in [-0.15, -0.1) is 0 Å². The zero-order chi connectivity index (χ0) is 15.3. The smallest absolute Gasteiger partial charge is 0.315 e. The fourth-order valence-electron chi connectivity index (χ4n) is 2.96. The lowest BCUT2D eigenvalue weighted by atomic mass is 9.93. The third-order valence-corrected chi connectivity index (χ3v) is 4.13. The molecule has 5 heteroatoms. The van der Waals surface area contributed by atoms with Crippen LogP contribution < -0.4 is 10.6 Å². The second kappa shape index (κ2) is 6.61. The molecule has 1 fully saturated rings. The fourth-order valence-corrected chi connectivity index (χ4v) is 2.96. The number of aryl methyl sites for hydroxylation is 1. The van der Waals surface area contributed by atoms with Crippen molar-refractivity contribution < 1.29 is 14.7 Å². The molecule has 0 unspecified atom stereocenters.